The number of hydrogen-bond donors (Lipinski definition) is 1. The molecular formula is C19H31NO3. The van der Waals surface area contributed by atoms with E-state index in [2.05, 4.69) is 26.1 Å². The zero-order chi connectivity index (χ0) is 17.6. The number of ether oxygens (including phenoxy) is 2. The lowest BCUT2D eigenvalue weighted by Gasteiger charge is -2.28. The Labute approximate surface area is 140 Å². The number of carbonyl (C=O) groups excluding carboxylic acids is 1. The van der Waals surface area contributed by atoms with E-state index in [1.54, 1.807) is 7.11 Å². The van der Waals surface area contributed by atoms with Crippen LogP contribution in [-0.2, 0) is 9.53 Å². The van der Waals surface area contributed by atoms with Crippen LogP contribution in [-0.4, -0.2) is 25.2 Å². The van der Waals surface area contributed by atoms with Crippen molar-refractivity contribution in [2.45, 2.75) is 60.0 Å². The fourth-order valence-corrected chi connectivity index (χ4v) is 2.77. The molecule has 1 aromatic rings. The Morgan fingerprint density at radius 2 is 1.83 bits per heavy atom. The van der Waals surface area contributed by atoms with Crippen molar-refractivity contribution in [3.05, 3.63) is 23.3 Å². The van der Waals surface area contributed by atoms with Crippen LogP contribution in [0.1, 0.15) is 51.7 Å². The van der Waals surface area contributed by atoms with Crippen molar-refractivity contribution in [3.8, 4) is 5.75 Å². The fraction of sp³-hybridized carbons (Fsp3) is 0.632. The van der Waals surface area contributed by atoms with E-state index in [9.17, 15) is 4.79 Å². The van der Waals surface area contributed by atoms with Crippen LogP contribution in [0.3, 0.4) is 0 Å². The third-order valence-corrected chi connectivity index (χ3v) is 3.90. The SMILES string of the molecule is CCCOc1c(C)cc(NC(=O)[C@@](C)(CC(C)C)OC)cc1C. The number of nitrogens with one attached hydrogen (secondary N) is 1. The first-order valence-electron chi connectivity index (χ1n) is 8.34. The molecule has 0 aliphatic carbocycles. The average molecular weight is 321 g/mol. The van der Waals surface area contributed by atoms with Crippen molar-refractivity contribution in [1.82, 2.24) is 0 Å². The molecule has 1 N–H and O–H groups in total. The number of anilines is 1. The second-order valence-corrected chi connectivity index (χ2v) is 6.77. The van der Waals surface area contributed by atoms with E-state index in [-0.39, 0.29) is 5.91 Å². The molecule has 23 heavy (non-hydrogen) atoms. The lowest BCUT2D eigenvalue weighted by Crippen LogP contribution is -2.43. The first-order valence-corrected chi connectivity index (χ1v) is 8.34. The Morgan fingerprint density at radius 3 is 2.26 bits per heavy atom. The largest absolute Gasteiger partial charge is 0.493 e. The van der Waals surface area contributed by atoms with E-state index in [0.29, 0.717) is 18.9 Å². The summed E-state index contributed by atoms with van der Waals surface area (Å²) in [6.07, 6.45) is 1.64. The molecule has 4 heteroatoms. The molecule has 0 aliphatic rings. The smallest absolute Gasteiger partial charge is 0.256 e. The highest BCUT2D eigenvalue weighted by Gasteiger charge is 2.34. The number of rotatable bonds is 8. The second-order valence-electron chi connectivity index (χ2n) is 6.77. The number of carbonyl (C=O) groups is 1. The van der Waals surface area contributed by atoms with E-state index in [1.807, 2.05) is 32.9 Å². The van der Waals surface area contributed by atoms with Crippen LogP contribution >= 0.6 is 0 Å². The quantitative estimate of drug-likeness (QED) is 0.768. The van der Waals surface area contributed by atoms with Crippen LogP contribution in [0.2, 0.25) is 0 Å². The van der Waals surface area contributed by atoms with Gasteiger partial charge in [0.2, 0.25) is 0 Å². The predicted octanol–water partition coefficient (Wildman–Crippen LogP) is 4.48. The molecule has 0 spiro atoms. The summed E-state index contributed by atoms with van der Waals surface area (Å²) in [5, 5.41) is 2.98. The van der Waals surface area contributed by atoms with Gasteiger partial charge < -0.3 is 14.8 Å². The Hall–Kier alpha value is -1.55. The molecule has 130 valence electrons. The maximum Gasteiger partial charge on any atom is 0.256 e. The van der Waals surface area contributed by atoms with Crippen LogP contribution < -0.4 is 10.1 Å². The lowest BCUT2D eigenvalue weighted by molar-refractivity contribution is -0.137. The summed E-state index contributed by atoms with van der Waals surface area (Å²) in [5.41, 5.74) is 2.00. The molecule has 0 unspecified atom stereocenters. The maximum absolute atomic E-state index is 12.6. The first kappa shape index (κ1) is 19.5. The molecule has 1 aromatic carbocycles. The number of methoxy groups -OCH3 is 1. The molecule has 0 aromatic heterocycles. The third-order valence-electron chi connectivity index (χ3n) is 3.90. The molecule has 4 nitrogen and oxygen atoms in total. The number of hydrogen-bond acceptors (Lipinski definition) is 3. The second kappa shape index (κ2) is 8.34. The molecule has 0 radical (unpaired) electrons. The number of aryl methyl sites for hydroxylation is 2. The van der Waals surface area contributed by atoms with Crippen LogP contribution in [0.15, 0.2) is 12.1 Å². The predicted molar refractivity (Wildman–Crippen MR) is 95.2 cm³/mol. The topological polar surface area (TPSA) is 47.6 Å². The van der Waals surface area contributed by atoms with Gasteiger partial charge in [-0.25, -0.2) is 0 Å². The summed E-state index contributed by atoms with van der Waals surface area (Å²) < 4.78 is 11.3. The van der Waals surface area contributed by atoms with Gasteiger partial charge >= 0.3 is 0 Å². The molecule has 1 amide bonds. The summed E-state index contributed by atoms with van der Waals surface area (Å²) in [7, 11) is 1.58. The molecule has 0 bridgehead atoms. The molecular weight excluding hydrogens is 290 g/mol. The van der Waals surface area contributed by atoms with Gasteiger partial charge in [0.1, 0.15) is 11.4 Å². The minimum absolute atomic E-state index is 0.116. The van der Waals surface area contributed by atoms with Gasteiger partial charge in [-0.05, 0) is 62.8 Å². The van der Waals surface area contributed by atoms with Crippen LogP contribution in [0.4, 0.5) is 5.69 Å². The first-order chi connectivity index (χ1) is 10.7. The van der Waals surface area contributed by atoms with Gasteiger partial charge in [0.25, 0.3) is 5.91 Å². The minimum Gasteiger partial charge on any atom is -0.493 e. The van der Waals surface area contributed by atoms with Gasteiger partial charge in [0.15, 0.2) is 0 Å². The van der Waals surface area contributed by atoms with E-state index in [0.717, 1.165) is 29.0 Å². The van der Waals surface area contributed by atoms with E-state index < -0.39 is 5.60 Å². The third kappa shape index (κ3) is 5.24. The maximum atomic E-state index is 12.6. The van der Waals surface area contributed by atoms with Gasteiger partial charge in [-0.3, -0.25) is 4.79 Å². The van der Waals surface area contributed by atoms with E-state index in [1.165, 1.54) is 0 Å². The Morgan fingerprint density at radius 1 is 1.26 bits per heavy atom. The number of amides is 1. The van der Waals surface area contributed by atoms with Crippen LogP contribution in [0.25, 0.3) is 0 Å². The number of benzene rings is 1. The van der Waals surface area contributed by atoms with Gasteiger partial charge in [0.05, 0.1) is 6.61 Å². The summed E-state index contributed by atoms with van der Waals surface area (Å²) in [5.74, 6) is 1.16. The fourth-order valence-electron chi connectivity index (χ4n) is 2.77. The van der Waals surface area contributed by atoms with Crippen molar-refractivity contribution in [3.63, 3.8) is 0 Å². The zero-order valence-electron chi connectivity index (χ0n) is 15.6. The Kier molecular flexibility index (Phi) is 7.07. The minimum atomic E-state index is -0.826. The standard InChI is InChI=1S/C19H31NO3/c1-8-9-23-17-14(4)10-16(11-15(17)5)20-18(21)19(6,22-7)12-13(2)3/h10-11,13H,8-9,12H2,1-7H3,(H,20,21)/t19-/m1/s1. The van der Waals surface area contributed by atoms with Crippen molar-refractivity contribution < 1.29 is 14.3 Å². The highest BCUT2D eigenvalue weighted by atomic mass is 16.5. The Balaban J connectivity index is 2.94. The summed E-state index contributed by atoms with van der Waals surface area (Å²) >= 11 is 0. The van der Waals surface area contributed by atoms with Crippen molar-refractivity contribution >= 4 is 11.6 Å². The zero-order valence-corrected chi connectivity index (χ0v) is 15.6. The Bertz CT molecular complexity index is 516. The summed E-state index contributed by atoms with van der Waals surface area (Å²) in [6, 6.07) is 3.89. The van der Waals surface area contributed by atoms with Crippen LogP contribution in [0, 0.1) is 19.8 Å². The molecule has 0 saturated carbocycles. The van der Waals surface area contributed by atoms with E-state index >= 15 is 0 Å². The molecule has 0 heterocycles. The molecule has 0 saturated heterocycles. The monoisotopic (exact) mass is 321 g/mol. The average Bonchev–Trinajstić information content (AvgIpc) is 2.45. The van der Waals surface area contributed by atoms with Gasteiger partial charge in [-0.15, -0.1) is 0 Å². The molecule has 0 fully saturated rings. The van der Waals surface area contributed by atoms with Gasteiger partial charge in [0, 0.05) is 12.8 Å². The highest BCUT2D eigenvalue weighted by molar-refractivity contribution is 5.97. The van der Waals surface area contributed by atoms with Gasteiger partial charge in [-0.1, -0.05) is 20.8 Å². The normalized spacial score (nSPS) is 13.7. The summed E-state index contributed by atoms with van der Waals surface area (Å²) in [4.78, 5) is 12.6. The lowest BCUT2D eigenvalue weighted by atomic mass is 9.93. The van der Waals surface area contributed by atoms with Crippen molar-refractivity contribution in [1.29, 1.82) is 0 Å². The summed E-state index contributed by atoms with van der Waals surface area (Å²) in [6.45, 7) is 12.8. The molecule has 1 atom stereocenters. The van der Waals surface area contributed by atoms with E-state index in [4.69, 9.17) is 9.47 Å². The molecule has 0 aliphatic heterocycles. The van der Waals surface area contributed by atoms with Crippen molar-refractivity contribution in [2.24, 2.45) is 5.92 Å². The van der Waals surface area contributed by atoms with Gasteiger partial charge in [-0.2, -0.15) is 0 Å². The molecule has 1 rings (SSSR count). The highest BCUT2D eigenvalue weighted by Crippen LogP contribution is 2.29. The van der Waals surface area contributed by atoms with Crippen molar-refractivity contribution in [2.75, 3.05) is 19.0 Å². The van der Waals surface area contributed by atoms with Crippen LogP contribution in [0.5, 0.6) is 5.75 Å².